The molecule has 0 unspecified atom stereocenters. The van der Waals surface area contributed by atoms with Crippen LogP contribution in [0.2, 0.25) is 0 Å². The van der Waals surface area contributed by atoms with E-state index in [-0.39, 0.29) is 11.6 Å². The number of carbonyl (C=O) groups excluding carboxylic acids is 1. The summed E-state index contributed by atoms with van der Waals surface area (Å²) >= 11 is 0. The van der Waals surface area contributed by atoms with Crippen LogP contribution in [0.5, 0.6) is 0 Å². The van der Waals surface area contributed by atoms with Crippen LogP contribution in [-0.2, 0) is 6.54 Å². The molecular weight excluding hydrogens is 256 g/mol. The van der Waals surface area contributed by atoms with Crippen molar-refractivity contribution in [1.29, 1.82) is 0 Å². The summed E-state index contributed by atoms with van der Waals surface area (Å²) in [5, 5.41) is 6.00. The van der Waals surface area contributed by atoms with E-state index in [2.05, 4.69) is 15.3 Å². The first-order valence-corrected chi connectivity index (χ1v) is 5.87. The van der Waals surface area contributed by atoms with Crippen molar-refractivity contribution in [3.63, 3.8) is 0 Å². The largest absolute Gasteiger partial charge is 0.351 e. The van der Waals surface area contributed by atoms with Crippen LogP contribution in [0.3, 0.4) is 0 Å². The van der Waals surface area contributed by atoms with Crippen molar-refractivity contribution in [2.45, 2.75) is 25.8 Å². The molecule has 1 rings (SSSR count). The molecule has 8 heteroatoms. The smallest absolute Gasteiger partial charge is 0.267 e. The van der Waals surface area contributed by atoms with Gasteiger partial charge in [0.1, 0.15) is 5.69 Å². The van der Waals surface area contributed by atoms with Crippen LogP contribution >= 0.6 is 0 Å². The van der Waals surface area contributed by atoms with E-state index in [0.717, 1.165) is 0 Å². The summed E-state index contributed by atoms with van der Waals surface area (Å²) in [6.07, 6.45) is 0.286. The van der Waals surface area contributed by atoms with E-state index in [9.17, 15) is 13.6 Å². The molecule has 0 saturated heterocycles. The molecule has 0 fully saturated rings. The fourth-order valence-corrected chi connectivity index (χ4v) is 1.57. The van der Waals surface area contributed by atoms with Crippen LogP contribution in [0.4, 0.5) is 8.78 Å². The van der Waals surface area contributed by atoms with Crippen molar-refractivity contribution < 1.29 is 13.6 Å². The summed E-state index contributed by atoms with van der Waals surface area (Å²) in [5.41, 5.74) is 8.28. The zero-order chi connectivity index (χ0) is 14.1. The van der Waals surface area contributed by atoms with Gasteiger partial charge in [-0.15, -0.1) is 0 Å². The van der Waals surface area contributed by atoms with E-state index < -0.39 is 13.0 Å². The van der Waals surface area contributed by atoms with E-state index in [1.165, 1.54) is 16.8 Å². The van der Waals surface area contributed by atoms with Gasteiger partial charge in [-0.2, -0.15) is 0 Å². The molecule has 0 saturated carbocycles. The molecule has 0 radical (unpaired) electrons. The minimum atomic E-state index is -2.50. The number of azide groups is 1. The first-order chi connectivity index (χ1) is 9.15. The standard InChI is InChI=1S/C11H15F2N5O/c12-10(13)8-18-7-3-4-9(18)11(19)15-5-1-2-6-16-17-14/h3-4,7,10H,1-2,5-6,8H2,(H,15,19). The van der Waals surface area contributed by atoms with Gasteiger partial charge in [-0.05, 0) is 30.5 Å². The predicted molar refractivity (Wildman–Crippen MR) is 66.0 cm³/mol. The third-order valence-electron chi connectivity index (χ3n) is 2.43. The van der Waals surface area contributed by atoms with Gasteiger partial charge in [0.25, 0.3) is 12.3 Å². The molecule has 104 valence electrons. The molecule has 1 amide bonds. The van der Waals surface area contributed by atoms with E-state index in [1.54, 1.807) is 6.07 Å². The molecule has 1 aromatic rings. The Hall–Kier alpha value is -2.08. The molecule has 6 nitrogen and oxygen atoms in total. The van der Waals surface area contributed by atoms with Gasteiger partial charge < -0.3 is 9.88 Å². The molecule has 0 aliphatic carbocycles. The van der Waals surface area contributed by atoms with Crippen molar-refractivity contribution in [3.8, 4) is 0 Å². The summed E-state index contributed by atoms with van der Waals surface area (Å²) in [5.74, 6) is -0.380. The highest BCUT2D eigenvalue weighted by Crippen LogP contribution is 2.06. The van der Waals surface area contributed by atoms with Crippen LogP contribution in [0, 0.1) is 0 Å². The summed E-state index contributed by atoms with van der Waals surface area (Å²) in [7, 11) is 0. The monoisotopic (exact) mass is 271 g/mol. The number of amides is 1. The SMILES string of the molecule is [N-]=[N+]=NCCCCNC(=O)c1cccn1CC(F)F. The van der Waals surface area contributed by atoms with Crippen LogP contribution < -0.4 is 5.32 Å². The highest BCUT2D eigenvalue weighted by Gasteiger charge is 2.13. The van der Waals surface area contributed by atoms with Gasteiger partial charge in [0.15, 0.2) is 0 Å². The van der Waals surface area contributed by atoms with Crippen molar-refractivity contribution in [2.24, 2.45) is 5.11 Å². The number of carbonyl (C=O) groups is 1. The lowest BCUT2D eigenvalue weighted by molar-refractivity contribution is 0.0930. The second-order valence-electron chi connectivity index (χ2n) is 3.85. The lowest BCUT2D eigenvalue weighted by Crippen LogP contribution is -2.27. The van der Waals surface area contributed by atoms with Gasteiger partial charge in [0.05, 0.1) is 6.54 Å². The lowest BCUT2D eigenvalue weighted by atomic mass is 10.3. The second kappa shape index (κ2) is 8.10. The van der Waals surface area contributed by atoms with Crippen molar-refractivity contribution in [1.82, 2.24) is 9.88 Å². The number of unbranched alkanes of at least 4 members (excludes halogenated alkanes) is 1. The number of nitrogens with one attached hydrogen (secondary N) is 1. The molecule has 0 aliphatic rings. The Morgan fingerprint density at radius 1 is 1.53 bits per heavy atom. The van der Waals surface area contributed by atoms with Crippen molar-refractivity contribution >= 4 is 5.91 Å². The molecule has 0 bridgehead atoms. The van der Waals surface area contributed by atoms with Crippen LogP contribution in [0.15, 0.2) is 23.4 Å². The maximum atomic E-state index is 12.3. The molecule has 0 aromatic carbocycles. The molecule has 0 spiro atoms. The maximum Gasteiger partial charge on any atom is 0.267 e. The van der Waals surface area contributed by atoms with E-state index in [0.29, 0.717) is 25.9 Å². The molecule has 0 atom stereocenters. The van der Waals surface area contributed by atoms with Crippen LogP contribution in [-0.4, -0.2) is 30.0 Å². The Balaban J connectivity index is 2.37. The average Bonchev–Trinajstić information content (AvgIpc) is 2.80. The number of hydrogen-bond donors (Lipinski definition) is 1. The van der Waals surface area contributed by atoms with E-state index in [4.69, 9.17) is 5.53 Å². The number of halogens is 2. The minimum absolute atomic E-state index is 0.218. The van der Waals surface area contributed by atoms with Crippen molar-refractivity contribution in [2.75, 3.05) is 13.1 Å². The second-order valence-corrected chi connectivity index (χ2v) is 3.85. The minimum Gasteiger partial charge on any atom is -0.351 e. The average molecular weight is 271 g/mol. The number of alkyl halides is 2. The highest BCUT2D eigenvalue weighted by molar-refractivity contribution is 5.92. The molecule has 0 aliphatic heterocycles. The quantitative estimate of drug-likeness (QED) is 0.335. The van der Waals surface area contributed by atoms with E-state index >= 15 is 0 Å². The summed E-state index contributed by atoms with van der Waals surface area (Å²) in [6, 6.07) is 3.05. The molecule has 19 heavy (non-hydrogen) atoms. The van der Waals surface area contributed by atoms with Gasteiger partial charge in [0.2, 0.25) is 0 Å². The maximum absolute atomic E-state index is 12.3. The molecule has 1 N–H and O–H groups in total. The van der Waals surface area contributed by atoms with Gasteiger partial charge >= 0.3 is 0 Å². The number of nitrogens with zero attached hydrogens (tertiary/aromatic N) is 4. The lowest BCUT2D eigenvalue weighted by Gasteiger charge is -2.09. The number of hydrogen-bond acceptors (Lipinski definition) is 2. The summed E-state index contributed by atoms with van der Waals surface area (Å²) < 4.78 is 25.8. The van der Waals surface area contributed by atoms with Gasteiger partial charge in [-0.25, -0.2) is 8.78 Å². The zero-order valence-corrected chi connectivity index (χ0v) is 10.3. The summed E-state index contributed by atoms with van der Waals surface area (Å²) in [6.45, 7) is 0.306. The van der Waals surface area contributed by atoms with Crippen molar-refractivity contribution in [3.05, 3.63) is 34.5 Å². The Morgan fingerprint density at radius 3 is 3.00 bits per heavy atom. The third-order valence-corrected chi connectivity index (χ3v) is 2.43. The molecular formula is C11H15F2N5O. The van der Waals surface area contributed by atoms with Crippen LogP contribution in [0.25, 0.3) is 10.4 Å². The Morgan fingerprint density at radius 2 is 2.32 bits per heavy atom. The molecule has 1 aromatic heterocycles. The van der Waals surface area contributed by atoms with Crippen LogP contribution in [0.1, 0.15) is 23.3 Å². The van der Waals surface area contributed by atoms with E-state index in [1.807, 2.05) is 0 Å². The van der Waals surface area contributed by atoms with Gasteiger partial charge in [0, 0.05) is 24.2 Å². The third kappa shape index (κ3) is 5.39. The first kappa shape index (κ1) is 15.0. The predicted octanol–water partition coefficient (Wildman–Crippen LogP) is 2.57. The zero-order valence-electron chi connectivity index (χ0n) is 10.3. The highest BCUT2D eigenvalue weighted by atomic mass is 19.3. The number of rotatable bonds is 8. The van der Waals surface area contributed by atoms with Gasteiger partial charge in [-0.3, -0.25) is 4.79 Å². The fourth-order valence-electron chi connectivity index (χ4n) is 1.57. The Bertz CT molecular complexity index is 454. The topological polar surface area (TPSA) is 82.8 Å². The number of aromatic nitrogens is 1. The first-order valence-electron chi connectivity index (χ1n) is 5.87. The van der Waals surface area contributed by atoms with Gasteiger partial charge in [-0.1, -0.05) is 5.11 Å². The normalized spacial score (nSPS) is 10.3. The fraction of sp³-hybridized carbons (Fsp3) is 0.545. The Labute approximate surface area is 109 Å². The summed E-state index contributed by atoms with van der Waals surface area (Å²) in [4.78, 5) is 14.3. The Kier molecular flexibility index (Phi) is 6.38. The molecule has 1 heterocycles.